The summed E-state index contributed by atoms with van der Waals surface area (Å²) in [4.78, 5) is 14.1. The van der Waals surface area contributed by atoms with Crippen LogP contribution in [0.4, 0.5) is 0 Å². The molecule has 1 aromatic carbocycles. The largest absolute Gasteiger partial charge is 0.506 e. The molecule has 2 unspecified atom stereocenters. The molecule has 2 saturated heterocycles. The van der Waals surface area contributed by atoms with E-state index in [1.165, 1.54) is 37.7 Å². The van der Waals surface area contributed by atoms with Gasteiger partial charge in [0.05, 0.1) is 22.8 Å². The maximum atomic E-state index is 13.0. The molecule has 6 heteroatoms. The van der Waals surface area contributed by atoms with Crippen molar-refractivity contribution in [2.24, 2.45) is 11.3 Å². The second-order valence-electron chi connectivity index (χ2n) is 13.7. The van der Waals surface area contributed by atoms with Gasteiger partial charge in [-0.25, -0.2) is 0 Å². The zero-order valence-corrected chi connectivity index (χ0v) is 24.6. The molecule has 42 heavy (non-hydrogen) atoms. The van der Waals surface area contributed by atoms with Gasteiger partial charge in [0.2, 0.25) is 0 Å². The van der Waals surface area contributed by atoms with Crippen molar-refractivity contribution in [1.82, 2.24) is 19.8 Å². The number of piperidine rings is 1. The molecule has 1 aliphatic carbocycles. The predicted molar refractivity (Wildman–Crippen MR) is 169 cm³/mol. The number of hydrogen-bond acceptors (Lipinski definition) is 5. The number of H-pyrrole nitrogens is 1. The van der Waals surface area contributed by atoms with Crippen molar-refractivity contribution in [3.63, 3.8) is 0 Å². The average molecular weight is 565 g/mol. The number of benzene rings is 1. The molecule has 6 atom stereocenters. The minimum Gasteiger partial charge on any atom is -0.506 e. The number of aromatic hydroxyl groups is 1. The van der Waals surface area contributed by atoms with Crippen LogP contribution in [0, 0.1) is 11.3 Å². The summed E-state index contributed by atoms with van der Waals surface area (Å²) in [6.45, 7) is 4.34. The molecule has 0 saturated carbocycles. The lowest BCUT2D eigenvalue weighted by atomic mass is 9.54. The molecule has 2 fully saturated rings. The summed E-state index contributed by atoms with van der Waals surface area (Å²) < 4.78 is 0. The number of rotatable bonds is 1. The topological polar surface area (TPSA) is 75.6 Å². The van der Waals surface area contributed by atoms with Crippen molar-refractivity contribution in [2.45, 2.75) is 81.9 Å². The zero-order valence-electron chi connectivity index (χ0n) is 24.6. The van der Waals surface area contributed by atoms with Crippen molar-refractivity contribution >= 4 is 27.4 Å². The van der Waals surface area contributed by atoms with Gasteiger partial charge in [0.1, 0.15) is 11.4 Å². The van der Waals surface area contributed by atoms with Crippen LogP contribution < -0.4 is 0 Å². The van der Waals surface area contributed by atoms with Gasteiger partial charge in [0.15, 0.2) is 0 Å². The van der Waals surface area contributed by atoms with Crippen LogP contribution >= 0.6 is 0 Å². The SMILES string of the molecule is Oc1cccc2c1[nH]c1c(C3=C[C@]4(O)C/C=C/CCCCCN5CC[C@@H]3[C@]3(C[C@@H]6/C=C\CCCCN6C34)C5)nccc12. The Balaban J connectivity index is 1.36. The van der Waals surface area contributed by atoms with Gasteiger partial charge >= 0.3 is 0 Å². The number of para-hydroxylation sites is 1. The van der Waals surface area contributed by atoms with Crippen molar-refractivity contribution in [2.75, 3.05) is 26.2 Å². The molecular formula is C36H44N4O2. The van der Waals surface area contributed by atoms with E-state index in [9.17, 15) is 10.2 Å². The Morgan fingerprint density at radius 2 is 1.76 bits per heavy atom. The molecule has 0 radical (unpaired) electrons. The quantitative estimate of drug-likeness (QED) is 0.292. The molecule has 2 aromatic heterocycles. The fourth-order valence-corrected chi connectivity index (χ4v) is 9.62. The number of allylic oxidation sites excluding steroid dienone is 3. The van der Waals surface area contributed by atoms with Crippen molar-refractivity contribution in [3.05, 3.63) is 66.5 Å². The van der Waals surface area contributed by atoms with E-state index in [0.29, 0.717) is 18.4 Å². The number of hydrogen-bond donors (Lipinski definition) is 3. The molecule has 3 bridgehead atoms. The maximum absolute atomic E-state index is 13.0. The monoisotopic (exact) mass is 564 g/mol. The number of pyridine rings is 1. The van der Waals surface area contributed by atoms with Crippen LogP contribution in [0.15, 0.2) is 60.8 Å². The average Bonchev–Trinajstić information content (AvgIpc) is 3.50. The van der Waals surface area contributed by atoms with E-state index in [2.05, 4.69) is 57.3 Å². The molecule has 8 rings (SSSR count). The second-order valence-corrected chi connectivity index (χ2v) is 13.7. The molecule has 6 nitrogen and oxygen atoms in total. The lowest BCUT2D eigenvalue weighted by Crippen LogP contribution is -2.65. The summed E-state index contributed by atoms with van der Waals surface area (Å²) in [6, 6.07) is 8.21. The summed E-state index contributed by atoms with van der Waals surface area (Å²) in [6.07, 6.45) is 24.8. The number of fused-ring (bicyclic) bond motifs is 5. The number of nitrogens with zero attached hydrogens (tertiary/aromatic N) is 3. The molecule has 1 spiro atoms. The highest BCUT2D eigenvalue weighted by atomic mass is 16.3. The van der Waals surface area contributed by atoms with E-state index in [1.54, 1.807) is 6.07 Å². The first-order valence-corrected chi connectivity index (χ1v) is 16.4. The number of aromatic amines is 1. The first-order chi connectivity index (χ1) is 20.6. The van der Waals surface area contributed by atoms with Crippen LogP contribution in [0.1, 0.15) is 69.9 Å². The van der Waals surface area contributed by atoms with Crippen LogP contribution in [0.5, 0.6) is 5.75 Å². The molecule has 5 aliphatic rings. The summed E-state index contributed by atoms with van der Waals surface area (Å²) in [5, 5.41) is 25.8. The highest BCUT2D eigenvalue weighted by Crippen LogP contribution is 2.61. The third-order valence-electron chi connectivity index (χ3n) is 11.3. The fraction of sp³-hybridized carbons (Fsp3) is 0.528. The van der Waals surface area contributed by atoms with Crippen molar-refractivity contribution in [1.29, 1.82) is 0 Å². The van der Waals surface area contributed by atoms with Crippen LogP contribution in [0.3, 0.4) is 0 Å². The Kier molecular flexibility index (Phi) is 6.58. The maximum Gasteiger partial charge on any atom is 0.139 e. The third kappa shape index (κ3) is 4.13. The lowest BCUT2D eigenvalue weighted by Gasteiger charge is -2.58. The minimum absolute atomic E-state index is 0.0592. The van der Waals surface area contributed by atoms with Gasteiger partial charge in [-0.15, -0.1) is 0 Å². The Bertz CT molecular complexity index is 1590. The third-order valence-corrected chi connectivity index (χ3v) is 11.3. The number of phenols is 1. The Morgan fingerprint density at radius 1 is 0.905 bits per heavy atom. The predicted octanol–water partition coefficient (Wildman–Crippen LogP) is 6.56. The highest BCUT2D eigenvalue weighted by molar-refractivity contribution is 6.11. The summed E-state index contributed by atoms with van der Waals surface area (Å²) in [7, 11) is 0. The van der Waals surface area contributed by atoms with Crippen molar-refractivity contribution in [3.8, 4) is 5.75 Å². The van der Waals surface area contributed by atoms with Crippen LogP contribution in [0.2, 0.25) is 0 Å². The van der Waals surface area contributed by atoms with E-state index in [0.717, 1.165) is 79.4 Å². The fourth-order valence-electron chi connectivity index (χ4n) is 9.62. The molecule has 220 valence electrons. The standard InChI is InChI=1S/C36H44N4O2/c41-30-14-11-13-26-27-15-18-37-32(33(27)38-31(26)30)28-23-36(42)17-8-4-1-2-5-9-19-39-21-16-29(28)35(24-39)22-25-12-7-3-6-10-20-40(25)34(35)36/h4,7-8,11-15,18,23,25,29,34,38,41-42H,1-3,5-6,9-10,16-17,19-22,24H2/b8-4+,12-7-/t25-,29-,34?,35-,36+/m0/s1. The Hall–Kier alpha value is -2.93. The molecule has 4 aliphatic heterocycles. The van der Waals surface area contributed by atoms with Crippen LogP contribution in [0.25, 0.3) is 27.4 Å². The first-order valence-electron chi connectivity index (χ1n) is 16.4. The van der Waals surface area contributed by atoms with Crippen LogP contribution in [-0.4, -0.2) is 73.8 Å². The van der Waals surface area contributed by atoms with E-state index in [4.69, 9.17) is 4.98 Å². The van der Waals surface area contributed by atoms with Gasteiger partial charge in [-0.3, -0.25) is 9.88 Å². The first kappa shape index (κ1) is 26.7. The van der Waals surface area contributed by atoms with Gasteiger partial charge in [-0.2, -0.15) is 0 Å². The number of aromatic nitrogens is 2. The van der Waals surface area contributed by atoms with Crippen molar-refractivity contribution < 1.29 is 10.2 Å². The van der Waals surface area contributed by atoms with Gasteiger partial charge in [-0.1, -0.05) is 42.9 Å². The number of nitrogens with one attached hydrogen (secondary N) is 1. The number of phenolic OH excluding ortho intramolecular Hbond substituents is 1. The molecule has 0 amide bonds. The Labute approximate surface area is 248 Å². The zero-order chi connectivity index (χ0) is 28.3. The van der Waals surface area contributed by atoms with Gasteiger partial charge < -0.3 is 20.1 Å². The minimum atomic E-state index is -0.987. The molecular weight excluding hydrogens is 520 g/mol. The van der Waals surface area contributed by atoms with Gasteiger partial charge in [-0.05, 0) is 107 Å². The Morgan fingerprint density at radius 3 is 2.71 bits per heavy atom. The van der Waals surface area contributed by atoms with E-state index in [1.807, 2.05) is 12.3 Å². The lowest BCUT2D eigenvalue weighted by molar-refractivity contribution is -0.0850. The summed E-state index contributed by atoms with van der Waals surface area (Å²) in [5.74, 6) is 0.573. The molecule has 6 heterocycles. The number of aliphatic hydroxyl groups is 1. The molecule has 3 aromatic rings. The van der Waals surface area contributed by atoms with Crippen LogP contribution in [-0.2, 0) is 0 Å². The van der Waals surface area contributed by atoms with E-state index < -0.39 is 5.60 Å². The molecule has 3 N–H and O–H groups in total. The normalized spacial score (nSPS) is 37.0. The smallest absolute Gasteiger partial charge is 0.139 e. The summed E-state index contributed by atoms with van der Waals surface area (Å²) in [5.41, 5.74) is 2.83. The van der Waals surface area contributed by atoms with E-state index >= 15 is 0 Å². The van der Waals surface area contributed by atoms with Gasteiger partial charge in [0.25, 0.3) is 0 Å². The van der Waals surface area contributed by atoms with Gasteiger partial charge in [0, 0.05) is 35.0 Å². The second kappa shape index (κ2) is 10.4. The highest BCUT2D eigenvalue weighted by Gasteiger charge is 2.65. The summed E-state index contributed by atoms with van der Waals surface area (Å²) >= 11 is 0. The van der Waals surface area contributed by atoms with E-state index in [-0.39, 0.29) is 17.2 Å².